The number of hydrogen-bond donors (Lipinski definition) is 1. The van der Waals surface area contributed by atoms with Gasteiger partial charge < -0.3 is 15.0 Å². The molecule has 2 aliphatic heterocycles. The van der Waals surface area contributed by atoms with Gasteiger partial charge in [-0.25, -0.2) is 9.79 Å². The number of ether oxygens (including phenoxy) is 1. The van der Waals surface area contributed by atoms with Crippen molar-refractivity contribution in [3.8, 4) is 0 Å². The number of thioether (sulfide) groups is 1. The minimum atomic E-state index is -0.483. The van der Waals surface area contributed by atoms with E-state index in [4.69, 9.17) is 9.73 Å². The summed E-state index contributed by atoms with van der Waals surface area (Å²) in [5.74, 6) is 0.601. The maximum absolute atomic E-state index is 13.3. The SMILES string of the molecule is CCOC(=O)C1=C(c2ccccc2)N=C2SCCCN2C1c1ccc(NC(=O)C(C)(C)C)cc1. The predicted octanol–water partition coefficient (Wildman–Crippen LogP) is 5.50. The van der Waals surface area contributed by atoms with Gasteiger partial charge in [0.05, 0.1) is 23.9 Å². The molecule has 1 amide bonds. The molecule has 178 valence electrons. The molecule has 1 unspecified atom stereocenters. The van der Waals surface area contributed by atoms with Crippen LogP contribution in [0.1, 0.15) is 51.3 Å². The average molecular weight is 478 g/mol. The first-order chi connectivity index (χ1) is 16.3. The van der Waals surface area contributed by atoms with E-state index in [1.165, 1.54) is 0 Å². The van der Waals surface area contributed by atoms with Crippen LogP contribution in [0, 0.1) is 5.41 Å². The van der Waals surface area contributed by atoms with Gasteiger partial charge in [0, 0.05) is 29.0 Å². The summed E-state index contributed by atoms with van der Waals surface area (Å²) < 4.78 is 5.52. The molecule has 0 saturated carbocycles. The lowest BCUT2D eigenvalue weighted by molar-refractivity contribution is -0.139. The second kappa shape index (κ2) is 10.1. The van der Waals surface area contributed by atoms with Crippen molar-refractivity contribution in [2.45, 2.75) is 40.2 Å². The van der Waals surface area contributed by atoms with E-state index in [9.17, 15) is 9.59 Å². The summed E-state index contributed by atoms with van der Waals surface area (Å²) in [4.78, 5) is 32.9. The number of fused-ring (bicyclic) bond motifs is 1. The highest BCUT2D eigenvalue weighted by molar-refractivity contribution is 8.13. The van der Waals surface area contributed by atoms with Crippen molar-refractivity contribution in [1.82, 2.24) is 4.90 Å². The van der Waals surface area contributed by atoms with Crippen molar-refractivity contribution in [1.29, 1.82) is 0 Å². The highest BCUT2D eigenvalue weighted by Gasteiger charge is 2.39. The molecule has 0 bridgehead atoms. The van der Waals surface area contributed by atoms with Gasteiger partial charge in [0.2, 0.25) is 5.91 Å². The van der Waals surface area contributed by atoms with E-state index in [0.29, 0.717) is 17.9 Å². The highest BCUT2D eigenvalue weighted by atomic mass is 32.2. The molecule has 0 aromatic heterocycles. The summed E-state index contributed by atoms with van der Waals surface area (Å²) >= 11 is 1.72. The molecule has 2 aromatic rings. The molecular formula is C27H31N3O3S. The Morgan fingerprint density at radius 2 is 1.82 bits per heavy atom. The first-order valence-electron chi connectivity index (χ1n) is 11.7. The number of anilines is 1. The maximum atomic E-state index is 13.3. The molecule has 2 aromatic carbocycles. The van der Waals surface area contributed by atoms with E-state index in [2.05, 4.69) is 10.2 Å². The van der Waals surface area contributed by atoms with Crippen molar-refractivity contribution in [2.75, 3.05) is 24.2 Å². The fourth-order valence-electron chi connectivity index (χ4n) is 4.00. The number of nitrogens with one attached hydrogen (secondary N) is 1. The molecule has 1 saturated heterocycles. The molecule has 2 aliphatic rings. The van der Waals surface area contributed by atoms with Crippen molar-refractivity contribution in [3.05, 3.63) is 71.3 Å². The Kier molecular flexibility index (Phi) is 7.12. The van der Waals surface area contributed by atoms with Crippen LogP contribution in [0.5, 0.6) is 0 Å². The van der Waals surface area contributed by atoms with Gasteiger partial charge in [0.25, 0.3) is 0 Å². The number of hydrogen-bond acceptors (Lipinski definition) is 6. The van der Waals surface area contributed by atoms with E-state index < -0.39 is 5.41 Å². The van der Waals surface area contributed by atoms with E-state index in [1.807, 2.05) is 82.3 Å². The van der Waals surface area contributed by atoms with Crippen LogP contribution in [0.2, 0.25) is 0 Å². The van der Waals surface area contributed by atoms with Crippen molar-refractivity contribution in [2.24, 2.45) is 10.4 Å². The quantitative estimate of drug-likeness (QED) is 0.576. The summed E-state index contributed by atoms with van der Waals surface area (Å²) in [6.45, 7) is 8.57. The Morgan fingerprint density at radius 3 is 2.47 bits per heavy atom. The second-order valence-corrected chi connectivity index (χ2v) is 10.4. The Morgan fingerprint density at radius 1 is 1.12 bits per heavy atom. The topological polar surface area (TPSA) is 71.0 Å². The number of esters is 1. The molecule has 4 rings (SSSR count). The van der Waals surface area contributed by atoms with Gasteiger partial charge in [-0.15, -0.1) is 0 Å². The summed E-state index contributed by atoms with van der Waals surface area (Å²) in [6.07, 6.45) is 1.01. The molecule has 1 fully saturated rings. The van der Waals surface area contributed by atoms with Gasteiger partial charge in [-0.3, -0.25) is 4.79 Å². The molecule has 1 N–H and O–H groups in total. The van der Waals surface area contributed by atoms with Crippen molar-refractivity contribution in [3.63, 3.8) is 0 Å². The van der Waals surface area contributed by atoms with Crippen LogP contribution in [0.15, 0.2) is 65.2 Å². The lowest BCUT2D eigenvalue weighted by Crippen LogP contribution is -2.42. The maximum Gasteiger partial charge on any atom is 0.338 e. The first kappa shape index (κ1) is 24.1. The molecule has 0 aliphatic carbocycles. The standard InChI is InChI=1S/C27H31N3O3S/c1-5-33-24(31)21-22(18-10-7-6-8-11-18)29-26-30(16-9-17-34-26)23(21)19-12-14-20(15-13-19)28-25(32)27(2,3)4/h6-8,10-15,23H,5,9,16-17H2,1-4H3,(H,28,32). The van der Waals surface area contributed by atoms with Gasteiger partial charge >= 0.3 is 5.97 Å². The molecule has 34 heavy (non-hydrogen) atoms. The number of carbonyl (C=O) groups excluding carboxylic acids is 2. The molecular weight excluding hydrogens is 446 g/mol. The van der Waals surface area contributed by atoms with Gasteiger partial charge in [0.15, 0.2) is 5.17 Å². The third kappa shape index (κ3) is 5.04. The van der Waals surface area contributed by atoms with Crippen LogP contribution in [-0.4, -0.2) is 40.8 Å². The van der Waals surface area contributed by atoms with Crippen LogP contribution in [-0.2, 0) is 14.3 Å². The fraction of sp³-hybridized carbons (Fsp3) is 0.370. The molecule has 0 spiro atoms. The van der Waals surface area contributed by atoms with Crippen molar-refractivity contribution >= 4 is 40.2 Å². The van der Waals surface area contributed by atoms with Gasteiger partial charge in [0.1, 0.15) is 0 Å². The number of aliphatic imine (C=N–C) groups is 1. The Balaban J connectivity index is 1.79. The van der Waals surface area contributed by atoms with Crippen LogP contribution in [0.25, 0.3) is 5.70 Å². The highest BCUT2D eigenvalue weighted by Crippen LogP contribution is 2.43. The average Bonchev–Trinajstić information content (AvgIpc) is 2.83. The Labute approximate surface area is 205 Å². The minimum Gasteiger partial charge on any atom is -0.463 e. The first-order valence-corrected chi connectivity index (χ1v) is 12.6. The molecule has 0 radical (unpaired) electrons. The third-order valence-electron chi connectivity index (χ3n) is 5.78. The zero-order valence-electron chi connectivity index (χ0n) is 20.1. The normalized spacial score (nSPS) is 18.2. The summed E-state index contributed by atoms with van der Waals surface area (Å²) in [5, 5.41) is 3.90. The molecule has 6 nitrogen and oxygen atoms in total. The number of nitrogens with zero attached hydrogens (tertiary/aromatic N) is 2. The van der Waals surface area contributed by atoms with Gasteiger partial charge in [-0.2, -0.15) is 0 Å². The zero-order chi connectivity index (χ0) is 24.3. The van der Waals surface area contributed by atoms with Gasteiger partial charge in [-0.05, 0) is 31.0 Å². The van der Waals surface area contributed by atoms with E-state index in [1.54, 1.807) is 11.8 Å². The van der Waals surface area contributed by atoms with Crippen LogP contribution in [0.3, 0.4) is 0 Å². The number of benzene rings is 2. The van der Waals surface area contributed by atoms with Crippen LogP contribution in [0.4, 0.5) is 5.69 Å². The number of amidine groups is 1. The van der Waals surface area contributed by atoms with Crippen LogP contribution < -0.4 is 5.32 Å². The Bertz CT molecular complexity index is 1120. The lowest BCUT2D eigenvalue weighted by atomic mass is 9.91. The fourth-order valence-corrected chi connectivity index (χ4v) is 4.98. The number of carbonyl (C=O) groups is 2. The summed E-state index contributed by atoms with van der Waals surface area (Å²) in [7, 11) is 0. The Hall–Kier alpha value is -3.06. The monoisotopic (exact) mass is 477 g/mol. The second-order valence-electron chi connectivity index (χ2n) is 9.37. The predicted molar refractivity (Wildman–Crippen MR) is 138 cm³/mol. The number of amides is 1. The largest absolute Gasteiger partial charge is 0.463 e. The summed E-state index contributed by atoms with van der Waals surface area (Å²) in [5.41, 5.74) is 3.30. The van der Waals surface area contributed by atoms with E-state index >= 15 is 0 Å². The molecule has 7 heteroatoms. The molecule has 2 heterocycles. The van der Waals surface area contributed by atoms with Gasteiger partial charge in [-0.1, -0.05) is 75.0 Å². The third-order valence-corrected chi connectivity index (χ3v) is 6.85. The van der Waals surface area contributed by atoms with Crippen LogP contribution >= 0.6 is 11.8 Å². The molecule has 1 atom stereocenters. The number of rotatable bonds is 5. The van der Waals surface area contributed by atoms with E-state index in [0.717, 1.165) is 40.7 Å². The summed E-state index contributed by atoms with van der Waals surface area (Å²) in [6, 6.07) is 17.2. The van der Waals surface area contributed by atoms with Crippen molar-refractivity contribution < 1.29 is 14.3 Å². The van der Waals surface area contributed by atoms with E-state index in [-0.39, 0.29) is 17.9 Å². The lowest BCUT2D eigenvalue weighted by Gasteiger charge is -2.41. The smallest absolute Gasteiger partial charge is 0.338 e. The minimum absolute atomic E-state index is 0.0433. The zero-order valence-corrected chi connectivity index (χ0v) is 20.9.